The average Bonchev–Trinajstić information content (AvgIpc) is 3.20. The van der Waals surface area contributed by atoms with Crippen LogP contribution in [0.4, 0.5) is 5.82 Å². The van der Waals surface area contributed by atoms with E-state index in [0.717, 1.165) is 23.8 Å². The second kappa shape index (κ2) is 14.7. The van der Waals surface area contributed by atoms with Crippen LogP contribution in [0.5, 0.6) is 0 Å². The molecule has 1 fully saturated rings. The van der Waals surface area contributed by atoms with Gasteiger partial charge >= 0.3 is 11.7 Å². The predicted octanol–water partition coefficient (Wildman–Crippen LogP) is 2.40. The number of rotatable bonds is 14. The number of hydrogen-bond donors (Lipinski definition) is 4. The molecule has 0 aliphatic carbocycles. The molecule has 1 aliphatic heterocycles. The highest BCUT2D eigenvalue weighted by Crippen LogP contribution is 2.28. The van der Waals surface area contributed by atoms with Gasteiger partial charge in [-0.2, -0.15) is 4.98 Å². The van der Waals surface area contributed by atoms with Crippen LogP contribution < -0.4 is 11.0 Å². The van der Waals surface area contributed by atoms with Crippen molar-refractivity contribution in [2.24, 2.45) is 0 Å². The van der Waals surface area contributed by atoms with E-state index in [1.807, 2.05) is 0 Å². The van der Waals surface area contributed by atoms with Crippen molar-refractivity contribution in [1.29, 1.82) is 0 Å². The maximum absolute atomic E-state index is 12.9. The lowest BCUT2D eigenvalue weighted by Gasteiger charge is -2.17. The van der Waals surface area contributed by atoms with E-state index in [2.05, 4.69) is 17.2 Å². The van der Waals surface area contributed by atoms with Crippen LogP contribution in [0.2, 0.25) is 0 Å². The summed E-state index contributed by atoms with van der Waals surface area (Å²) in [7, 11) is 0. The Labute approximate surface area is 221 Å². The highest BCUT2D eigenvalue weighted by molar-refractivity contribution is 6.10. The lowest BCUT2D eigenvalue weighted by Crippen LogP contribution is -2.36. The Morgan fingerprint density at radius 2 is 1.66 bits per heavy atom. The van der Waals surface area contributed by atoms with Gasteiger partial charge < -0.3 is 30.1 Å². The summed E-state index contributed by atoms with van der Waals surface area (Å²) < 4.78 is 11.7. The van der Waals surface area contributed by atoms with Crippen molar-refractivity contribution < 1.29 is 34.4 Å². The fraction of sp³-hybridized carbons (Fsp3) is 0.556. The number of nitrogens with zero attached hydrogens (tertiary/aromatic N) is 2. The molecule has 1 aliphatic rings. The van der Waals surface area contributed by atoms with Crippen LogP contribution in [0.25, 0.3) is 0 Å². The van der Waals surface area contributed by atoms with Gasteiger partial charge in [0.1, 0.15) is 24.1 Å². The molecular formula is C27H37N3O8. The zero-order chi connectivity index (χ0) is 27.5. The molecular weight excluding hydrogens is 494 g/mol. The van der Waals surface area contributed by atoms with Gasteiger partial charge in [-0.15, -0.1) is 0 Å². The van der Waals surface area contributed by atoms with E-state index in [0.29, 0.717) is 0 Å². The van der Waals surface area contributed by atoms with E-state index >= 15 is 0 Å². The summed E-state index contributed by atoms with van der Waals surface area (Å²) in [6, 6.07) is 7.53. The van der Waals surface area contributed by atoms with Crippen LogP contribution in [0.3, 0.4) is 0 Å². The van der Waals surface area contributed by atoms with Crippen molar-refractivity contribution in [3.8, 4) is 0 Å². The maximum Gasteiger partial charge on any atom is 0.351 e. The Morgan fingerprint density at radius 1 is 1.00 bits per heavy atom. The Bertz CT molecular complexity index is 1120. The van der Waals surface area contributed by atoms with E-state index in [-0.39, 0.29) is 23.6 Å². The minimum atomic E-state index is -1.45. The first-order chi connectivity index (χ1) is 18.4. The molecule has 1 saturated heterocycles. The SMILES string of the molecule is CCCCCCCCCCOC(=O)c1ccccc1C(=O)Nc1ccn([C@@H]2O[C@H](CO)[C@@H](O)[C@@H]2O)c(=O)n1. The van der Waals surface area contributed by atoms with E-state index in [1.54, 1.807) is 12.1 Å². The Balaban J connectivity index is 1.56. The van der Waals surface area contributed by atoms with E-state index in [1.165, 1.54) is 56.5 Å². The molecule has 4 N–H and O–H groups in total. The molecule has 3 rings (SSSR count). The maximum atomic E-state index is 12.9. The highest BCUT2D eigenvalue weighted by atomic mass is 16.6. The number of nitrogens with one attached hydrogen (secondary N) is 1. The number of carbonyl (C=O) groups excluding carboxylic acids is 2. The number of unbranched alkanes of at least 4 members (excludes halogenated alkanes) is 7. The molecule has 0 spiro atoms. The molecule has 1 aromatic heterocycles. The number of aromatic nitrogens is 2. The minimum absolute atomic E-state index is 0.0721. The van der Waals surface area contributed by atoms with Gasteiger partial charge in [0.15, 0.2) is 6.23 Å². The van der Waals surface area contributed by atoms with E-state index < -0.39 is 48.7 Å². The summed E-state index contributed by atoms with van der Waals surface area (Å²) in [5, 5.41) is 31.8. The molecule has 38 heavy (non-hydrogen) atoms. The zero-order valence-corrected chi connectivity index (χ0v) is 21.6. The van der Waals surface area contributed by atoms with Gasteiger partial charge in [0, 0.05) is 6.20 Å². The molecule has 1 aromatic carbocycles. The fourth-order valence-electron chi connectivity index (χ4n) is 4.31. The first-order valence-corrected chi connectivity index (χ1v) is 13.2. The van der Waals surface area contributed by atoms with Gasteiger partial charge in [-0.3, -0.25) is 9.36 Å². The molecule has 4 atom stereocenters. The van der Waals surface area contributed by atoms with Crippen molar-refractivity contribution >= 4 is 17.7 Å². The summed E-state index contributed by atoms with van der Waals surface area (Å²) >= 11 is 0. The second-order valence-electron chi connectivity index (χ2n) is 9.34. The van der Waals surface area contributed by atoms with Gasteiger partial charge in [0.05, 0.1) is 24.3 Å². The lowest BCUT2D eigenvalue weighted by molar-refractivity contribution is -0.0549. The summed E-state index contributed by atoms with van der Waals surface area (Å²) in [6.45, 7) is 1.92. The van der Waals surface area contributed by atoms with Gasteiger partial charge in [-0.1, -0.05) is 64.0 Å². The second-order valence-corrected chi connectivity index (χ2v) is 9.34. The van der Waals surface area contributed by atoms with Crippen LogP contribution in [-0.4, -0.2) is 68.3 Å². The molecule has 11 heteroatoms. The van der Waals surface area contributed by atoms with Crippen molar-refractivity contribution in [2.75, 3.05) is 18.5 Å². The highest BCUT2D eigenvalue weighted by Gasteiger charge is 2.43. The molecule has 0 radical (unpaired) electrons. The number of aliphatic hydroxyl groups is 3. The molecule has 2 aromatic rings. The molecule has 2 heterocycles. The summed E-state index contributed by atoms with van der Waals surface area (Å²) in [5.74, 6) is -1.33. The van der Waals surface area contributed by atoms with Crippen molar-refractivity contribution in [3.63, 3.8) is 0 Å². The number of aliphatic hydroxyl groups excluding tert-OH is 3. The summed E-state index contributed by atoms with van der Waals surface area (Å²) in [4.78, 5) is 41.8. The quantitative estimate of drug-likeness (QED) is 0.212. The fourth-order valence-corrected chi connectivity index (χ4v) is 4.31. The van der Waals surface area contributed by atoms with Gasteiger partial charge in [-0.05, 0) is 24.6 Å². The van der Waals surface area contributed by atoms with E-state index in [9.17, 15) is 29.7 Å². The topological polar surface area (TPSA) is 160 Å². The van der Waals surface area contributed by atoms with Crippen molar-refractivity contribution in [3.05, 3.63) is 58.1 Å². The monoisotopic (exact) mass is 531 g/mol. The third kappa shape index (κ3) is 7.70. The smallest absolute Gasteiger partial charge is 0.351 e. The van der Waals surface area contributed by atoms with Crippen molar-refractivity contribution in [2.45, 2.75) is 82.8 Å². The minimum Gasteiger partial charge on any atom is -0.462 e. The number of esters is 1. The number of amides is 1. The molecule has 0 bridgehead atoms. The normalized spacial score (nSPS) is 20.8. The Morgan fingerprint density at radius 3 is 2.29 bits per heavy atom. The molecule has 1 amide bonds. The van der Waals surface area contributed by atoms with Crippen LogP contribution in [-0.2, 0) is 9.47 Å². The Kier molecular flexibility index (Phi) is 11.4. The average molecular weight is 532 g/mol. The Hall–Kier alpha value is -3.12. The molecule has 208 valence electrons. The number of benzene rings is 1. The van der Waals surface area contributed by atoms with E-state index in [4.69, 9.17) is 9.47 Å². The molecule has 0 saturated carbocycles. The zero-order valence-electron chi connectivity index (χ0n) is 21.6. The number of ether oxygens (including phenoxy) is 2. The predicted molar refractivity (Wildman–Crippen MR) is 139 cm³/mol. The first kappa shape index (κ1) is 29.4. The molecule has 0 unspecified atom stereocenters. The largest absolute Gasteiger partial charge is 0.462 e. The lowest BCUT2D eigenvalue weighted by atomic mass is 10.1. The van der Waals surface area contributed by atoms with Crippen LogP contribution in [0.15, 0.2) is 41.3 Å². The summed E-state index contributed by atoms with van der Waals surface area (Å²) in [6.07, 6.45) is 5.09. The number of anilines is 1. The first-order valence-electron chi connectivity index (χ1n) is 13.2. The van der Waals surface area contributed by atoms with Crippen LogP contribution >= 0.6 is 0 Å². The van der Waals surface area contributed by atoms with Gasteiger partial charge in [-0.25, -0.2) is 9.59 Å². The third-order valence-electron chi connectivity index (χ3n) is 6.49. The summed E-state index contributed by atoms with van der Waals surface area (Å²) in [5.41, 5.74) is -0.678. The van der Waals surface area contributed by atoms with Crippen LogP contribution in [0, 0.1) is 0 Å². The number of hydrogen-bond acceptors (Lipinski definition) is 9. The standard InChI is InChI=1S/C27H37N3O8/c1-2-3-4-5-6-7-8-11-16-37-26(35)19-13-10-9-12-18(19)24(34)28-21-14-15-30(27(36)29-21)25-23(33)22(32)20(17-31)38-25/h9-10,12-15,20,22-23,25,31-33H,2-8,11,16-17H2,1H3,(H,28,29,34,36)/t20-,22-,23+,25-/m1/s1. The number of carbonyl (C=O) groups is 2. The van der Waals surface area contributed by atoms with Gasteiger partial charge in [0.2, 0.25) is 0 Å². The van der Waals surface area contributed by atoms with Crippen LogP contribution in [0.1, 0.15) is 85.2 Å². The third-order valence-corrected chi connectivity index (χ3v) is 6.49. The van der Waals surface area contributed by atoms with Crippen molar-refractivity contribution in [1.82, 2.24) is 9.55 Å². The molecule has 11 nitrogen and oxygen atoms in total. The van der Waals surface area contributed by atoms with Gasteiger partial charge in [0.25, 0.3) is 5.91 Å².